The zero-order valence-corrected chi connectivity index (χ0v) is 16.0. The maximum atomic E-state index is 11.5. The number of carbonyl (C=O) groups is 1. The average Bonchev–Trinajstić information content (AvgIpc) is 2.75. The molecule has 0 fully saturated rings. The Bertz CT molecular complexity index is 1150. The first-order valence-corrected chi connectivity index (χ1v) is 8.69. The van der Waals surface area contributed by atoms with E-state index in [9.17, 15) is 9.90 Å². The second-order valence-corrected chi connectivity index (χ2v) is 6.16. The molecule has 3 rings (SSSR count). The molecule has 0 aliphatic rings. The molecular weight excluding hydrogens is 370 g/mol. The maximum Gasteiger partial charge on any atom is 0.356 e. The number of aromatic nitrogens is 2. The van der Waals surface area contributed by atoms with Crippen molar-refractivity contribution in [1.29, 1.82) is 5.26 Å². The number of benzene rings is 2. The van der Waals surface area contributed by atoms with Crippen molar-refractivity contribution in [2.75, 3.05) is 31.3 Å². The SMILES string of the molecule is C=C(C#N)CNc1c(OC)ccc2ccc(-c3ncc(NC)c(C(=O)O)n3)cc12. The molecule has 0 unspecified atom stereocenters. The van der Waals surface area contributed by atoms with E-state index >= 15 is 0 Å². The smallest absolute Gasteiger partial charge is 0.356 e. The topological polar surface area (TPSA) is 120 Å². The summed E-state index contributed by atoms with van der Waals surface area (Å²) in [5, 5.41) is 26.1. The van der Waals surface area contributed by atoms with Gasteiger partial charge in [-0.05, 0) is 17.5 Å². The monoisotopic (exact) mass is 389 g/mol. The van der Waals surface area contributed by atoms with E-state index in [0.717, 1.165) is 10.8 Å². The van der Waals surface area contributed by atoms with E-state index in [1.807, 2.05) is 36.4 Å². The van der Waals surface area contributed by atoms with Crippen LogP contribution in [0.1, 0.15) is 10.5 Å². The second kappa shape index (κ2) is 8.27. The minimum atomic E-state index is -1.14. The number of nitrogens with one attached hydrogen (secondary N) is 2. The van der Waals surface area contributed by atoms with Gasteiger partial charge in [-0.25, -0.2) is 14.8 Å². The van der Waals surface area contributed by atoms with Gasteiger partial charge in [-0.15, -0.1) is 0 Å². The molecule has 0 spiro atoms. The van der Waals surface area contributed by atoms with Gasteiger partial charge in [0.05, 0.1) is 30.8 Å². The molecule has 0 saturated heterocycles. The molecule has 0 amide bonds. The van der Waals surface area contributed by atoms with Gasteiger partial charge < -0.3 is 20.5 Å². The summed E-state index contributed by atoms with van der Waals surface area (Å²) in [5.41, 5.74) is 1.97. The fraction of sp³-hybridized carbons (Fsp3) is 0.143. The van der Waals surface area contributed by atoms with Crippen LogP contribution in [0.3, 0.4) is 0 Å². The maximum absolute atomic E-state index is 11.5. The van der Waals surface area contributed by atoms with Gasteiger partial charge in [-0.1, -0.05) is 24.8 Å². The standard InChI is InChI=1S/C21H19N5O3/c1-12(9-22)10-24-18-15-8-14(5-4-13(15)6-7-17(18)29-3)20-25-11-16(23-2)19(26-20)21(27)28/h4-8,11,23-24H,1,10H2,2-3H3,(H,27,28). The summed E-state index contributed by atoms with van der Waals surface area (Å²) in [4.78, 5) is 20.0. The summed E-state index contributed by atoms with van der Waals surface area (Å²) in [7, 11) is 3.17. The zero-order valence-electron chi connectivity index (χ0n) is 16.0. The number of carboxylic acid groups (broad SMARTS) is 1. The molecule has 0 bridgehead atoms. The summed E-state index contributed by atoms with van der Waals surface area (Å²) in [5.74, 6) is -0.241. The summed E-state index contributed by atoms with van der Waals surface area (Å²) in [6.45, 7) is 3.96. The lowest BCUT2D eigenvalue weighted by Crippen LogP contribution is -2.08. The van der Waals surface area contributed by atoms with Crippen LogP contribution in [0.2, 0.25) is 0 Å². The molecule has 0 aliphatic heterocycles. The van der Waals surface area contributed by atoms with Crippen LogP contribution in [0.15, 0.2) is 48.7 Å². The molecule has 3 N–H and O–H groups in total. The third-order valence-corrected chi connectivity index (χ3v) is 4.36. The van der Waals surface area contributed by atoms with E-state index < -0.39 is 5.97 Å². The van der Waals surface area contributed by atoms with Gasteiger partial charge in [0.15, 0.2) is 11.5 Å². The van der Waals surface area contributed by atoms with Crippen LogP contribution < -0.4 is 15.4 Å². The number of hydrogen-bond donors (Lipinski definition) is 3. The molecule has 1 aromatic heterocycles. The normalized spacial score (nSPS) is 10.2. The highest BCUT2D eigenvalue weighted by molar-refractivity contribution is 5.99. The molecule has 3 aromatic rings. The van der Waals surface area contributed by atoms with Gasteiger partial charge in [0, 0.05) is 30.1 Å². The number of ether oxygens (including phenoxy) is 1. The molecule has 146 valence electrons. The highest BCUT2D eigenvalue weighted by Gasteiger charge is 2.15. The van der Waals surface area contributed by atoms with Gasteiger partial charge in [-0.3, -0.25) is 0 Å². The van der Waals surface area contributed by atoms with Crippen LogP contribution in [0.5, 0.6) is 5.75 Å². The van der Waals surface area contributed by atoms with E-state index in [2.05, 4.69) is 27.2 Å². The number of anilines is 2. The second-order valence-electron chi connectivity index (χ2n) is 6.16. The van der Waals surface area contributed by atoms with Crippen LogP contribution >= 0.6 is 0 Å². The molecule has 29 heavy (non-hydrogen) atoms. The Morgan fingerprint density at radius 2 is 2.10 bits per heavy atom. The number of nitrogens with zero attached hydrogens (tertiary/aromatic N) is 3. The van der Waals surface area contributed by atoms with Crippen molar-refractivity contribution < 1.29 is 14.6 Å². The zero-order chi connectivity index (χ0) is 21.0. The fourth-order valence-corrected chi connectivity index (χ4v) is 2.89. The minimum Gasteiger partial charge on any atom is -0.495 e. The van der Waals surface area contributed by atoms with Crippen LogP contribution in [-0.4, -0.2) is 41.7 Å². The van der Waals surface area contributed by atoms with Crippen molar-refractivity contribution in [3.63, 3.8) is 0 Å². The summed E-state index contributed by atoms with van der Waals surface area (Å²) >= 11 is 0. The quantitative estimate of drug-likeness (QED) is 0.525. The Balaban J connectivity index is 2.14. The van der Waals surface area contributed by atoms with Crippen LogP contribution in [0.25, 0.3) is 22.2 Å². The van der Waals surface area contributed by atoms with Crippen molar-refractivity contribution in [2.45, 2.75) is 0 Å². The summed E-state index contributed by atoms with van der Waals surface area (Å²) in [6, 6.07) is 11.3. The molecule has 0 aliphatic carbocycles. The molecule has 2 aromatic carbocycles. The van der Waals surface area contributed by atoms with Crippen molar-refractivity contribution in [3.05, 3.63) is 54.4 Å². The van der Waals surface area contributed by atoms with Crippen LogP contribution in [0, 0.1) is 11.3 Å². The van der Waals surface area contributed by atoms with Gasteiger partial charge in [0.1, 0.15) is 5.75 Å². The molecule has 8 nitrogen and oxygen atoms in total. The van der Waals surface area contributed by atoms with Crippen molar-refractivity contribution in [1.82, 2.24) is 9.97 Å². The molecule has 0 radical (unpaired) electrons. The Labute approximate surface area is 167 Å². The summed E-state index contributed by atoms with van der Waals surface area (Å²) in [6.07, 6.45) is 1.44. The molecule has 0 atom stereocenters. The Morgan fingerprint density at radius 3 is 2.76 bits per heavy atom. The number of methoxy groups -OCH3 is 1. The molecule has 1 heterocycles. The number of carboxylic acids is 1. The van der Waals surface area contributed by atoms with E-state index in [1.54, 1.807) is 14.2 Å². The van der Waals surface area contributed by atoms with Gasteiger partial charge in [0.25, 0.3) is 0 Å². The van der Waals surface area contributed by atoms with Crippen LogP contribution in [0.4, 0.5) is 11.4 Å². The van der Waals surface area contributed by atoms with Gasteiger partial charge in [0.2, 0.25) is 0 Å². The number of fused-ring (bicyclic) bond motifs is 1. The Hall–Kier alpha value is -4.12. The van der Waals surface area contributed by atoms with E-state index in [0.29, 0.717) is 34.1 Å². The lowest BCUT2D eigenvalue weighted by Gasteiger charge is -2.15. The first-order valence-electron chi connectivity index (χ1n) is 8.69. The first kappa shape index (κ1) is 19.6. The molecular formula is C21H19N5O3. The van der Waals surface area contributed by atoms with E-state index in [-0.39, 0.29) is 12.2 Å². The lowest BCUT2D eigenvalue weighted by molar-refractivity contribution is 0.0691. The lowest BCUT2D eigenvalue weighted by atomic mass is 10.0. The molecule has 8 heteroatoms. The van der Waals surface area contributed by atoms with Gasteiger partial charge >= 0.3 is 5.97 Å². The van der Waals surface area contributed by atoms with E-state index in [4.69, 9.17) is 10.00 Å². The highest BCUT2D eigenvalue weighted by atomic mass is 16.5. The van der Waals surface area contributed by atoms with Gasteiger partial charge in [-0.2, -0.15) is 5.26 Å². The predicted molar refractivity (Wildman–Crippen MR) is 111 cm³/mol. The predicted octanol–water partition coefficient (Wildman–Crippen LogP) is 3.54. The fourth-order valence-electron chi connectivity index (χ4n) is 2.89. The molecule has 0 saturated carbocycles. The Kier molecular flexibility index (Phi) is 5.60. The van der Waals surface area contributed by atoms with E-state index in [1.165, 1.54) is 6.20 Å². The van der Waals surface area contributed by atoms with Crippen LogP contribution in [-0.2, 0) is 0 Å². The number of hydrogen-bond acceptors (Lipinski definition) is 7. The first-order chi connectivity index (χ1) is 14.0. The third kappa shape index (κ3) is 3.94. The van der Waals surface area contributed by atoms with Crippen molar-refractivity contribution in [3.8, 4) is 23.2 Å². The van der Waals surface area contributed by atoms with Crippen molar-refractivity contribution >= 4 is 28.1 Å². The number of aromatic carboxylic acids is 1. The number of rotatable bonds is 7. The summed E-state index contributed by atoms with van der Waals surface area (Å²) < 4.78 is 5.45. The third-order valence-electron chi connectivity index (χ3n) is 4.36. The van der Waals surface area contributed by atoms with Crippen molar-refractivity contribution in [2.24, 2.45) is 0 Å². The average molecular weight is 389 g/mol. The highest BCUT2D eigenvalue weighted by Crippen LogP contribution is 2.35. The largest absolute Gasteiger partial charge is 0.495 e. The minimum absolute atomic E-state index is 0.105. The number of nitriles is 1. The Morgan fingerprint density at radius 1 is 1.34 bits per heavy atom.